The molecule has 0 aliphatic heterocycles. The van der Waals surface area contributed by atoms with Crippen LogP contribution >= 0.6 is 0 Å². The molecule has 24 heavy (non-hydrogen) atoms. The SMILES string of the molecule is CC(NC(=O)c1cccc(S(=O)(=O)N(C)C)c1)C(=O)NC(C)(C)C. The minimum Gasteiger partial charge on any atom is -0.350 e. The van der Waals surface area contributed by atoms with Crippen molar-refractivity contribution in [3.8, 4) is 0 Å². The Bertz CT molecular complexity index is 721. The molecule has 2 N–H and O–H groups in total. The van der Waals surface area contributed by atoms with Gasteiger partial charge in [-0.15, -0.1) is 0 Å². The number of rotatable bonds is 5. The summed E-state index contributed by atoms with van der Waals surface area (Å²) in [6.45, 7) is 7.10. The summed E-state index contributed by atoms with van der Waals surface area (Å²) in [7, 11) is -0.792. The molecule has 1 atom stereocenters. The van der Waals surface area contributed by atoms with Gasteiger partial charge in [0.1, 0.15) is 6.04 Å². The van der Waals surface area contributed by atoms with Gasteiger partial charge in [-0.2, -0.15) is 0 Å². The van der Waals surface area contributed by atoms with Gasteiger partial charge in [-0.1, -0.05) is 6.07 Å². The van der Waals surface area contributed by atoms with Crippen molar-refractivity contribution in [3.05, 3.63) is 29.8 Å². The van der Waals surface area contributed by atoms with E-state index in [4.69, 9.17) is 0 Å². The highest BCUT2D eigenvalue weighted by molar-refractivity contribution is 7.89. The zero-order valence-electron chi connectivity index (χ0n) is 14.9. The van der Waals surface area contributed by atoms with Crippen molar-refractivity contribution in [1.82, 2.24) is 14.9 Å². The predicted octanol–water partition coefficient (Wildman–Crippen LogP) is 0.970. The molecule has 134 valence electrons. The number of benzene rings is 1. The standard InChI is InChI=1S/C16H25N3O4S/c1-11(14(20)18-16(2,3)4)17-15(21)12-8-7-9-13(10-12)24(22,23)19(5)6/h7-11H,1-6H3,(H,17,21)(H,18,20). The highest BCUT2D eigenvalue weighted by atomic mass is 32.2. The third kappa shape index (κ3) is 5.31. The molecular formula is C16H25N3O4S. The summed E-state index contributed by atoms with van der Waals surface area (Å²) in [5, 5.41) is 5.34. The first-order chi connectivity index (χ1) is 10.8. The third-order valence-corrected chi connectivity index (χ3v) is 4.92. The Morgan fingerprint density at radius 3 is 2.25 bits per heavy atom. The van der Waals surface area contributed by atoms with E-state index in [0.717, 1.165) is 4.31 Å². The van der Waals surface area contributed by atoms with Crippen molar-refractivity contribution in [1.29, 1.82) is 0 Å². The maximum atomic E-state index is 12.3. The van der Waals surface area contributed by atoms with Crippen molar-refractivity contribution < 1.29 is 18.0 Å². The van der Waals surface area contributed by atoms with Gasteiger partial charge in [-0.25, -0.2) is 12.7 Å². The summed E-state index contributed by atoms with van der Waals surface area (Å²) in [6.07, 6.45) is 0. The van der Waals surface area contributed by atoms with Gasteiger partial charge in [0.25, 0.3) is 5.91 Å². The van der Waals surface area contributed by atoms with E-state index in [-0.39, 0.29) is 16.4 Å². The van der Waals surface area contributed by atoms with E-state index >= 15 is 0 Å². The van der Waals surface area contributed by atoms with Crippen molar-refractivity contribution in [3.63, 3.8) is 0 Å². The Labute approximate surface area is 143 Å². The highest BCUT2D eigenvalue weighted by Crippen LogP contribution is 2.15. The van der Waals surface area contributed by atoms with Crippen molar-refractivity contribution in [2.24, 2.45) is 0 Å². The van der Waals surface area contributed by atoms with Crippen LogP contribution in [0.1, 0.15) is 38.1 Å². The van der Waals surface area contributed by atoms with Crippen LogP contribution in [0, 0.1) is 0 Å². The number of carbonyl (C=O) groups excluding carboxylic acids is 2. The first-order valence-electron chi connectivity index (χ1n) is 7.50. The fraction of sp³-hybridized carbons (Fsp3) is 0.500. The lowest BCUT2D eigenvalue weighted by Gasteiger charge is -2.23. The minimum absolute atomic E-state index is 0.0203. The van der Waals surface area contributed by atoms with E-state index < -0.39 is 27.5 Å². The number of hydrogen-bond donors (Lipinski definition) is 2. The quantitative estimate of drug-likeness (QED) is 0.823. The lowest BCUT2D eigenvalue weighted by molar-refractivity contribution is -0.124. The summed E-state index contributed by atoms with van der Waals surface area (Å²) in [5.74, 6) is -0.824. The van der Waals surface area contributed by atoms with Gasteiger partial charge < -0.3 is 10.6 Å². The van der Waals surface area contributed by atoms with Crippen molar-refractivity contribution in [2.45, 2.75) is 44.2 Å². The van der Waals surface area contributed by atoms with Crippen LogP contribution in [-0.2, 0) is 14.8 Å². The molecule has 0 radical (unpaired) electrons. The topological polar surface area (TPSA) is 95.6 Å². The van der Waals surface area contributed by atoms with E-state index in [0.29, 0.717) is 0 Å². The first kappa shape index (κ1) is 20.1. The van der Waals surface area contributed by atoms with Gasteiger partial charge in [-0.05, 0) is 45.9 Å². The van der Waals surface area contributed by atoms with Gasteiger partial charge in [0.2, 0.25) is 15.9 Å². The molecule has 0 aliphatic rings. The van der Waals surface area contributed by atoms with E-state index in [1.807, 2.05) is 20.8 Å². The molecule has 1 rings (SSSR count). The zero-order chi connectivity index (χ0) is 18.7. The second kappa shape index (κ2) is 7.31. The van der Waals surface area contributed by atoms with E-state index in [1.54, 1.807) is 6.92 Å². The fourth-order valence-corrected chi connectivity index (χ4v) is 2.78. The molecule has 7 nitrogen and oxygen atoms in total. The summed E-state index contributed by atoms with van der Waals surface area (Å²) in [5.41, 5.74) is -0.233. The fourth-order valence-electron chi connectivity index (χ4n) is 1.83. The molecule has 8 heteroatoms. The Balaban J connectivity index is 2.92. The molecule has 1 unspecified atom stereocenters. The Hall–Kier alpha value is -1.93. The molecule has 0 aromatic heterocycles. The largest absolute Gasteiger partial charge is 0.350 e. The van der Waals surface area contributed by atoms with Crippen molar-refractivity contribution >= 4 is 21.8 Å². The van der Waals surface area contributed by atoms with Crippen LogP contribution in [0.3, 0.4) is 0 Å². The van der Waals surface area contributed by atoms with Crippen LogP contribution < -0.4 is 10.6 Å². The van der Waals surface area contributed by atoms with E-state index in [2.05, 4.69) is 10.6 Å². The van der Waals surface area contributed by atoms with Crippen LogP contribution in [0.25, 0.3) is 0 Å². The molecule has 0 fully saturated rings. The van der Waals surface area contributed by atoms with Gasteiger partial charge in [-0.3, -0.25) is 9.59 Å². The Kier molecular flexibility index (Phi) is 6.13. The number of sulfonamides is 1. The van der Waals surface area contributed by atoms with E-state index in [1.165, 1.54) is 38.4 Å². The molecule has 1 aromatic carbocycles. The number of hydrogen-bond acceptors (Lipinski definition) is 4. The number of nitrogens with zero attached hydrogens (tertiary/aromatic N) is 1. The molecule has 0 bridgehead atoms. The molecule has 0 saturated carbocycles. The Morgan fingerprint density at radius 2 is 1.75 bits per heavy atom. The zero-order valence-corrected chi connectivity index (χ0v) is 15.7. The van der Waals surface area contributed by atoms with Gasteiger partial charge >= 0.3 is 0 Å². The number of carbonyl (C=O) groups is 2. The monoisotopic (exact) mass is 355 g/mol. The van der Waals surface area contributed by atoms with Crippen LogP contribution in [0.5, 0.6) is 0 Å². The lowest BCUT2D eigenvalue weighted by Crippen LogP contribution is -2.50. The van der Waals surface area contributed by atoms with Crippen LogP contribution in [0.15, 0.2) is 29.2 Å². The number of nitrogens with one attached hydrogen (secondary N) is 2. The smallest absolute Gasteiger partial charge is 0.251 e. The van der Waals surface area contributed by atoms with Crippen LogP contribution in [-0.4, -0.2) is 50.2 Å². The molecule has 0 saturated heterocycles. The second-order valence-corrected chi connectivity index (χ2v) is 8.90. The summed E-state index contributed by atoms with van der Waals surface area (Å²) in [6, 6.07) is 4.95. The summed E-state index contributed by atoms with van der Waals surface area (Å²) in [4.78, 5) is 24.3. The molecule has 0 spiro atoms. The predicted molar refractivity (Wildman–Crippen MR) is 92.1 cm³/mol. The lowest BCUT2D eigenvalue weighted by atomic mass is 10.1. The van der Waals surface area contributed by atoms with Crippen LogP contribution in [0.2, 0.25) is 0 Å². The average Bonchev–Trinajstić information content (AvgIpc) is 2.45. The molecule has 0 heterocycles. The van der Waals surface area contributed by atoms with Gasteiger partial charge in [0, 0.05) is 25.2 Å². The third-order valence-electron chi connectivity index (χ3n) is 3.11. The molecular weight excluding hydrogens is 330 g/mol. The highest BCUT2D eigenvalue weighted by Gasteiger charge is 2.22. The molecule has 2 amide bonds. The summed E-state index contributed by atoms with van der Waals surface area (Å²) >= 11 is 0. The minimum atomic E-state index is -3.63. The normalized spacial score (nSPS) is 13.5. The van der Waals surface area contributed by atoms with Gasteiger partial charge in [0.15, 0.2) is 0 Å². The summed E-state index contributed by atoms with van der Waals surface area (Å²) < 4.78 is 25.3. The maximum Gasteiger partial charge on any atom is 0.251 e. The Morgan fingerprint density at radius 1 is 1.17 bits per heavy atom. The second-order valence-electron chi connectivity index (χ2n) is 6.75. The van der Waals surface area contributed by atoms with Crippen LogP contribution in [0.4, 0.5) is 0 Å². The number of amides is 2. The molecule has 1 aromatic rings. The van der Waals surface area contributed by atoms with Gasteiger partial charge in [0.05, 0.1) is 4.90 Å². The molecule has 0 aliphatic carbocycles. The maximum absolute atomic E-state index is 12.3. The first-order valence-corrected chi connectivity index (χ1v) is 8.94. The average molecular weight is 355 g/mol. The van der Waals surface area contributed by atoms with E-state index in [9.17, 15) is 18.0 Å². The van der Waals surface area contributed by atoms with Crippen molar-refractivity contribution in [2.75, 3.05) is 14.1 Å².